The number of imidazole rings is 2. The van der Waals surface area contributed by atoms with Crippen molar-refractivity contribution in [2.24, 2.45) is 0 Å². The van der Waals surface area contributed by atoms with Crippen LogP contribution in [0.2, 0.25) is 0 Å². The highest BCUT2D eigenvalue weighted by Gasteiger charge is 2.01. The van der Waals surface area contributed by atoms with Gasteiger partial charge in [0.2, 0.25) is 0 Å². The van der Waals surface area contributed by atoms with Gasteiger partial charge in [0.15, 0.2) is 0 Å². The van der Waals surface area contributed by atoms with Crippen molar-refractivity contribution in [3.8, 4) is 16.9 Å². The van der Waals surface area contributed by atoms with Crippen LogP contribution in [0.1, 0.15) is 0 Å². The van der Waals surface area contributed by atoms with Gasteiger partial charge in [-0.05, 0) is 63.5 Å². The average molecular weight is 421 g/mol. The predicted molar refractivity (Wildman–Crippen MR) is 110 cm³/mol. The molecule has 0 aliphatic rings. The minimum absolute atomic E-state index is 0.869. The Hall–Kier alpha value is -3.12. The maximum Gasteiger partial charge on any atom is 0.136 e. The number of rotatable bonds is 2. The van der Waals surface area contributed by atoms with Crippen molar-refractivity contribution >= 4 is 27.2 Å². The number of benzene rings is 1. The van der Waals surface area contributed by atoms with E-state index in [0.29, 0.717) is 0 Å². The third-order valence-electron chi connectivity index (χ3n) is 4.14. The van der Waals surface area contributed by atoms with Crippen LogP contribution in [0, 0.1) is 0 Å². The molecular formula is C21H17BrN4O. The number of fused-ring (bicyclic) bond motifs is 2. The van der Waals surface area contributed by atoms with Gasteiger partial charge in [-0.3, -0.25) is 0 Å². The molecule has 0 saturated heterocycles. The molecule has 0 saturated carbocycles. The summed E-state index contributed by atoms with van der Waals surface area (Å²) in [4.78, 5) is 8.33. The van der Waals surface area contributed by atoms with Crippen molar-refractivity contribution < 1.29 is 4.74 Å². The van der Waals surface area contributed by atoms with E-state index in [1.54, 1.807) is 19.5 Å². The molecule has 0 aliphatic carbocycles. The number of hydrogen-bond acceptors (Lipinski definition) is 3. The van der Waals surface area contributed by atoms with E-state index in [-0.39, 0.29) is 0 Å². The molecule has 0 bridgehead atoms. The topological polar surface area (TPSA) is 43.8 Å². The summed E-state index contributed by atoms with van der Waals surface area (Å²) in [6.45, 7) is 0. The Bertz CT molecular complexity index is 1190. The fourth-order valence-electron chi connectivity index (χ4n) is 2.79. The molecule has 1 aromatic carbocycles. The highest BCUT2D eigenvalue weighted by molar-refractivity contribution is 9.10. The lowest BCUT2D eigenvalue weighted by Crippen LogP contribution is -1.87. The normalized spacial score (nSPS) is 10.6. The van der Waals surface area contributed by atoms with E-state index in [4.69, 9.17) is 4.74 Å². The molecule has 0 aliphatic heterocycles. The van der Waals surface area contributed by atoms with Crippen LogP contribution in [-0.2, 0) is 0 Å². The minimum Gasteiger partial charge on any atom is -0.497 e. The summed E-state index contributed by atoms with van der Waals surface area (Å²) in [6, 6.07) is 16.0. The Balaban J connectivity index is 0.000000153. The number of pyridine rings is 2. The number of halogens is 1. The molecule has 5 aromatic rings. The Morgan fingerprint density at radius 3 is 2.26 bits per heavy atom. The minimum atomic E-state index is 0.869. The van der Waals surface area contributed by atoms with Gasteiger partial charge in [-0.15, -0.1) is 0 Å². The zero-order chi connectivity index (χ0) is 18.6. The summed E-state index contributed by atoms with van der Waals surface area (Å²) >= 11 is 3.37. The van der Waals surface area contributed by atoms with Crippen LogP contribution in [0.15, 0.2) is 90.2 Å². The lowest BCUT2D eigenvalue weighted by molar-refractivity contribution is 0.415. The van der Waals surface area contributed by atoms with Crippen LogP contribution < -0.4 is 4.74 Å². The highest BCUT2D eigenvalue weighted by atomic mass is 79.9. The van der Waals surface area contributed by atoms with Crippen molar-refractivity contribution in [2.75, 3.05) is 7.11 Å². The summed E-state index contributed by atoms with van der Waals surface area (Å²) in [6.07, 6.45) is 11.5. The van der Waals surface area contributed by atoms with Gasteiger partial charge in [0, 0.05) is 41.7 Å². The first kappa shape index (κ1) is 17.3. The Morgan fingerprint density at radius 2 is 1.52 bits per heavy atom. The maximum atomic E-state index is 5.23. The van der Waals surface area contributed by atoms with E-state index in [2.05, 4.69) is 44.2 Å². The SMILES string of the molecule is Brc1ccc2nccn2c1.COc1cccc(-c2ccc3nccn3c2)c1. The van der Waals surface area contributed by atoms with E-state index in [0.717, 1.165) is 32.6 Å². The molecule has 0 spiro atoms. The molecule has 4 aromatic heterocycles. The van der Waals surface area contributed by atoms with Gasteiger partial charge in [0.1, 0.15) is 17.0 Å². The first-order valence-corrected chi connectivity index (χ1v) is 9.17. The predicted octanol–water partition coefficient (Wildman–Crippen LogP) is 5.11. The van der Waals surface area contributed by atoms with Crippen LogP contribution in [-0.4, -0.2) is 25.9 Å². The van der Waals surface area contributed by atoms with E-state index in [9.17, 15) is 0 Å². The van der Waals surface area contributed by atoms with Gasteiger partial charge in [-0.25, -0.2) is 9.97 Å². The molecule has 0 unspecified atom stereocenters. The average Bonchev–Trinajstić information content (AvgIpc) is 3.36. The first-order valence-electron chi connectivity index (χ1n) is 8.38. The van der Waals surface area contributed by atoms with Gasteiger partial charge < -0.3 is 13.5 Å². The third kappa shape index (κ3) is 3.85. The van der Waals surface area contributed by atoms with Crippen LogP contribution in [0.25, 0.3) is 22.4 Å². The van der Waals surface area contributed by atoms with Crippen LogP contribution in [0.5, 0.6) is 5.75 Å². The molecular weight excluding hydrogens is 404 g/mol. The summed E-state index contributed by atoms with van der Waals surface area (Å²) in [5.41, 5.74) is 4.22. The Kier molecular flexibility index (Phi) is 4.89. The molecule has 27 heavy (non-hydrogen) atoms. The monoisotopic (exact) mass is 420 g/mol. The second-order valence-electron chi connectivity index (χ2n) is 5.88. The number of ether oxygens (including phenoxy) is 1. The lowest BCUT2D eigenvalue weighted by Gasteiger charge is -2.05. The van der Waals surface area contributed by atoms with Gasteiger partial charge in [0.25, 0.3) is 0 Å². The summed E-state index contributed by atoms with van der Waals surface area (Å²) in [5, 5.41) is 0. The highest BCUT2D eigenvalue weighted by Crippen LogP contribution is 2.23. The summed E-state index contributed by atoms with van der Waals surface area (Å²) in [5.74, 6) is 0.869. The van der Waals surface area contributed by atoms with Crippen molar-refractivity contribution in [3.63, 3.8) is 0 Å². The summed E-state index contributed by atoms with van der Waals surface area (Å²) in [7, 11) is 1.68. The maximum absolute atomic E-state index is 5.23. The molecule has 5 nitrogen and oxygen atoms in total. The number of nitrogens with zero attached hydrogens (tertiary/aromatic N) is 4. The van der Waals surface area contributed by atoms with E-state index in [1.165, 1.54) is 0 Å². The van der Waals surface area contributed by atoms with Gasteiger partial charge in [-0.2, -0.15) is 0 Å². The summed E-state index contributed by atoms with van der Waals surface area (Å²) < 4.78 is 10.3. The van der Waals surface area contributed by atoms with Crippen LogP contribution >= 0.6 is 15.9 Å². The number of aromatic nitrogens is 4. The number of hydrogen-bond donors (Lipinski definition) is 0. The molecule has 0 N–H and O–H groups in total. The van der Waals surface area contributed by atoms with E-state index >= 15 is 0 Å². The third-order valence-corrected chi connectivity index (χ3v) is 4.61. The fourth-order valence-corrected chi connectivity index (χ4v) is 3.14. The molecule has 0 fully saturated rings. The first-order chi connectivity index (χ1) is 13.2. The number of methoxy groups -OCH3 is 1. The van der Waals surface area contributed by atoms with Crippen molar-refractivity contribution in [2.45, 2.75) is 0 Å². The molecule has 4 heterocycles. The molecule has 5 rings (SSSR count). The standard InChI is InChI=1S/C14H12N2O.C7H5BrN2/c1-17-13-4-2-3-11(9-13)12-5-6-14-15-7-8-16(14)10-12;8-6-1-2-7-9-3-4-10(7)5-6/h2-10H,1H3;1-5H. The Morgan fingerprint density at radius 1 is 0.815 bits per heavy atom. The van der Waals surface area contributed by atoms with E-state index in [1.807, 2.05) is 63.8 Å². The lowest BCUT2D eigenvalue weighted by atomic mass is 10.1. The molecule has 0 atom stereocenters. The van der Waals surface area contributed by atoms with Crippen molar-refractivity contribution in [1.29, 1.82) is 0 Å². The van der Waals surface area contributed by atoms with E-state index < -0.39 is 0 Å². The van der Waals surface area contributed by atoms with Gasteiger partial charge in [-0.1, -0.05) is 12.1 Å². The van der Waals surface area contributed by atoms with Crippen molar-refractivity contribution in [1.82, 2.24) is 18.8 Å². The largest absolute Gasteiger partial charge is 0.497 e. The Labute approximate surface area is 165 Å². The second kappa shape index (κ2) is 7.63. The second-order valence-corrected chi connectivity index (χ2v) is 6.80. The van der Waals surface area contributed by atoms with Crippen LogP contribution in [0.3, 0.4) is 0 Å². The molecule has 0 radical (unpaired) electrons. The molecule has 6 heteroatoms. The molecule has 0 amide bonds. The van der Waals surface area contributed by atoms with Gasteiger partial charge in [0.05, 0.1) is 7.11 Å². The van der Waals surface area contributed by atoms with Crippen LogP contribution in [0.4, 0.5) is 0 Å². The zero-order valence-corrected chi connectivity index (χ0v) is 16.2. The smallest absolute Gasteiger partial charge is 0.136 e. The fraction of sp³-hybridized carbons (Fsp3) is 0.0476. The molecule has 134 valence electrons. The quantitative estimate of drug-likeness (QED) is 0.398. The van der Waals surface area contributed by atoms with Gasteiger partial charge >= 0.3 is 0 Å². The zero-order valence-electron chi connectivity index (χ0n) is 14.7. The van der Waals surface area contributed by atoms with Crippen molar-refractivity contribution in [3.05, 3.63) is 90.2 Å².